The molecule has 0 spiro atoms. The molecule has 2 aromatic rings. The fourth-order valence-electron chi connectivity index (χ4n) is 3.04. The van der Waals surface area contributed by atoms with Gasteiger partial charge in [-0.3, -0.25) is 9.52 Å². The van der Waals surface area contributed by atoms with Crippen molar-refractivity contribution in [3.8, 4) is 5.75 Å². The lowest BCUT2D eigenvalue weighted by molar-refractivity contribution is -0.142. The Morgan fingerprint density at radius 3 is 2.41 bits per heavy atom. The van der Waals surface area contributed by atoms with Crippen LogP contribution in [-0.2, 0) is 19.6 Å². The van der Waals surface area contributed by atoms with Gasteiger partial charge in [-0.1, -0.05) is 12.1 Å². The van der Waals surface area contributed by atoms with E-state index >= 15 is 0 Å². The minimum atomic E-state index is -3.73. The number of benzene rings is 2. The third kappa shape index (κ3) is 5.27. The van der Waals surface area contributed by atoms with Crippen LogP contribution >= 0.6 is 0 Å². The second-order valence-corrected chi connectivity index (χ2v) is 8.78. The number of ether oxygens (including phenoxy) is 2. The number of nitrogens with one attached hydrogen (secondary N) is 1. The van der Waals surface area contributed by atoms with Crippen molar-refractivity contribution in [1.29, 1.82) is 0 Å². The van der Waals surface area contributed by atoms with Gasteiger partial charge in [-0.2, -0.15) is 0 Å². The lowest BCUT2D eigenvalue weighted by Gasteiger charge is -2.29. The number of aryl methyl sites for hydroxylation is 2. The predicted octanol–water partition coefficient (Wildman–Crippen LogP) is 2.73. The Morgan fingerprint density at radius 1 is 1.10 bits per heavy atom. The molecule has 0 saturated carbocycles. The molecule has 29 heavy (non-hydrogen) atoms. The van der Waals surface area contributed by atoms with E-state index in [-0.39, 0.29) is 10.8 Å². The number of carbonyl (C=O) groups excluding carboxylic acids is 1. The highest BCUT2D eigenvalue weighted by molar-refractivity contribution is 7.92. The van der Waals surface area contributed by atoms with Crippen molar-refractivity contribution >= 4 is 21.6 Å². The summed E-state index contributed by atoms with van der Waals surface area (Å²) in [5.74, 6) is 0.325. The maximum Gasteiger partial charge on any atom is 0.263 e. The smallest absolute Gasteiger partial charge is 0.263 e. The second kappa shape index (κ2) is 8.84. The normalized spacial score (nSPS) is 15.6. The topological polar surface area (TPSA) is 84.9 Å². The lowest BCUT2D eigenvalue weighted by Crippen LogP contribution is -2.46. The Bertz CT molecular complexity index is 967. The number of rotatable bonds is 6. The van der Waals surface area contributed by atoms with Crippen molar-refractivity contribution in [2.45, 2.75) is 31.8 Å². The van der Waals surface area contributed by atoms with Crippen molar-refractivity contribution < 1.29 is 22.7 Å². The Labute approximate surface area is 171 Å². The molecule has 1 saturated heterocycles. The molecule has 1 aliphatic heterocycles. The molecule has 0 radical (unpaired) electrons. The number of nitrogens with zero attached hydrogens (tertiary/aromatic N) is 1. The van der Waals surface area contributed by atoms with E-state index in [1.165, 1.54) is 12.1 Å². The summed E-state index contributed by atoms with van der Waals surface area (Å²) in [6.45, 7) is 7.59. The molecule has 1 aliphatic rings. The van der Waals surface area contributed by atoms with Gasteiger partial charge in [0, 0.05) is 13.1 Å². The van der Waals surface area contributed by atoms with Crippen LogP contribution in [0.2, 0.25) is 0 Å². The maximum atomic E-state index is 12.7. The molecule has 1 amide bonds. The maximum absolute atomic E-state index is 12.7. The average Bonchev–Trinajstić information content (AvgIpc) is 2.71. The van der Waals surface area contributed by atoms with Gasteiger partial charge in [-0.05, 0) is 62.2 Å². The molecular formula is C21H26N2O5S. The zero-order valence-corrected chi connectivity index (χ0v) is 17.7. The molecule has 7 nitrogen and oxygen atoms in total. The monoisotopic (exact) mass is 418 g/mol. The highest BCUT2D eigenvalue weighted by Crippen LogP contribution is 2.23. The average molecular weight is 419 g/mol. The summed E-state index contributed by atoms with van der Waals surface area (Å²) < 4.78 is 39.0. The number of hydrogen-bond acceptors (Lipinski definition) is 5. The predicted molar refractivity (Wildman–Crippen MR) is 111 cm³/mol. The van der Waals surface area contributed by atoms with E-state index in [9.17, 15) is 13.2 Å². The van der Waals surface area contributed by atoms with Crippen LogP contribution in [0.4, 0.5) is 5.69 Å². The zero-order chi connectivity index (χ0) is 21.0. The van der Waals surface area contributed by atoms with Gasteiger partial charge < -0.3 is 14.4 Å². The van der Waals surface area contributed by atoms with Crippen LogP contribution < -0.4 is 9.46 Å². The minimum absolute atomic E-state index is 0.110. The summed E-state index contributed by atoms with van der Waals surface area (Å²) in [6, 6.07) is 11.6. The quantitative estimate of drug-likeness (QED) is 0.780. The Hall–Kier alpha value is -2.58. The summed E-state index contributed by atoms with van der Waals surface area (Å²) >= 11 is 0. The summed E-state index contributed by atoms with van der Waals surface area (Å²) in [4.78, 5) is 14.3. The van der Waals surface area contributed by atoms with E-state index in [1.807, 2.05) is 26.0 Å². The van der Waals surface area contributed by atoms with Crippen molar-refractivity contribution in [2.75, 3.05) is 31.0 Å². The molecule has 0 aromatic heterocycles. The van der Waals surface area contributed by atoms with Gasteiger partial charge in [-0.25, -0.2) is 8.42 Å². The molecule has 156 valence electrons. The van der Waals surface area contributed by atoms with Gasteiger partial charge in [0.15, 0.2) is 6.10 Å². The fraction of sp³-hybridized carbons (Fsp3) is 0.381. The molecule has 3 rings (SSSR count). The van der Waals surface area contributed by atoms with Gasteiger partial charge in [-0.15, -0.1) is 0 Å². The highest BCUT2D eigenvalue weighted by Gasteiger charge is 2.24. The van der Waals surface area contributed by atoms with Crippen LogP contribution in [0.1, 0.15) is 18.1 Å². The van der Waals surface area contributed by atoms with E-state index in [1.54, 1.807) is 30.0 Å². The summed E-state index contributed by atoms with van der Waals surface area (Å²) in [5.41, 5.74) is 2.36. The first-order valence-electron chi connectivity index (χ1n) is 9.49. The molecular weight excluding hydrogens is 392 g/mol. The van der Waals surface area contributed by atoms with Crippen LogP contribution in [0.25, 0.3) is 0 Å². The Morgan fingerprint density at radius 2 is 1.76 bits per heavy atom. The van der Waals surface area contributed by atoms with Crippen molar-refractivity contribution in [3.05, 3.63) is 53.6 Å². The summed E-state index contributed by atoms with van der Waals surface area (Å²) in [6.07, 6.45) is -0.663. The molecule has 1 heterocycles. The fourth-order valence-corrected chi connectivity index (χ4v) is 4.16. The van der Waals surface area contributed by atoms with E-state index < -0.39 is 16.1 Å². The molecule has 1 fully saturated rings. The first kappa shape index (κ1) is 21.1. The number of morpholine rings is 1. The van der Waals surface area contributed by atoms with Gasteiger partial charge in [0.05, 0.1) is 23.8 Å². The number of anilines is 1. The van der Waals surface area contributed by atoms with Crippen LogP contribution in [0.3, 0.4) is 0 Å². The molecule has 1 N–H and O–H groups in total. The van der Waals surface area contributed by atoms with Crippen molar-refractivity contribution in [1.82, 2.24) is 4.90 Å². The number of amides is 1. The minimum Gasteiger partial charge on any atom is -0.481 e. The van der Waals surface area contributed by atoms with Gasteiger partial charge in [0.25, 0.3) is 15.9 Å². The van der Waals surface area contributed by atoms with Gasteiger partial charge >= 0.3 is 0 Å². The van der Waals surface area contributed by atoms with Crippen molar-refractivity contribution in [3.63, 3.8) is 0 Å². The van der Waals surface area contributed by atoms with E-state index in [0.29, 0.717) is 37.7 Å². The van der Waals surface area contributed by atoms with E-state index in [4.69, 9.17) is 9.47 Å². The number of carbonyl (C=O) groups is 1. The highest BCUT2D eigenvalue weighted by atomic mass is 32.2. The largest absolute Gasteiger partial charge is 0.481 e. The molecule has 0 bridgehead atoms. The van der Waals surface area contributed by atoms with Crippen LogP contribution in [0, 0.1) is 13.8 Å². The SMILES string of the molecule is Cc1ccc(C)c(NS(=O)(=O)c2ccc(O[C@@H](C)C(=O)N3CCOCC3)cc2)c1. The Kier molecular flexibility index (Phi) is 6.44. The number of sulfonamides is 1. The second-order valence-electron chi connectivity index (χ2n) is 7.09. The van der Waals surface area contributed by atoms with E-state index in [0.717, 1.165) is 11.1 Å². The first-order chi connectivity index (χ1) is 13.8. The molecule has 2 aromatic carbocycles. The van der Waals surface area contributed by atoms with Crippen LogP contribution in [0.15, 0.2) is 47.4 Å². The van der Waals surface area contributed by atoms with Crippen molar-refractivity contribution in [2.24, 2.45) is 0 Å². The summed E-state index contributed by atoms with van der Waals surface area (Å²) in [5, 5.41) is 0. The number of hydrogen-bond donors (Lipinski definition) is 1. The summed E-state index contributed by atoms with van der Waals surface area (Å²) in [7, 11) is -3.73. The van der Waals surface area contributed by atoms with Gasteiger partial charge in [0.1, 0.15) is 5.75 Å². The van der Waals surface area contributed by atoms with Crippen LogP contribution in [0.5, 0.6) is 5.75 Å². The van der Waals surface area contributed by atoms with Gasteiger partial charge in [0.2, 0.25) is 0 Å². The molecule has 0 unspecified atom stereocenters. The third-order valence-electron chi connectivity index (χ3n) is 4.75. The molecule has 0 aliphatic carbocycles. The lowest BCUT2D eigenvalue weighted by atomic mass is 10.1. The Balaban J connectivity index is 1.67. The zero-order valence-electron chi connectivity index (χ0n) is 16.8. The van der Waals surface area contributed by atoms with Crippen LogP contribution in [-0.4, -0.2) is 51.6 Å². The first-order valence-corrected chi connectivity index (χ1v) is 11.0. The van der Waals surface area contributed by atoms with E-state index in [2.05, 4.69) is 4.72 Å². The molecule has 8 heteroatoms. The standard InChI is InChI=1S/C21H26N2O5S/c1-15-4-5-16(2)20(14-15)22-29(25,26)19-8-6-18(7-9-19)28-17(3)21(24)23-10-12-27-13-11-23/h4-9,14,17,22H,10-13H2,1-3H3/t17-/m0/s1. The molecule has 1 atom stereocenters. The third-order valence-corrected chi connectivity index (χ3v) is 6.14.